The van der Waals surface area contributed by atoms with Crippen LogP contribution >= 0.6 is 0 Å². The molecule has 1 amide bonds. The quantitative estimate of drug-likeness (QED) is 0.794. The highest BCUT2D eigenvalue weighted by Gasteiger charge is 2.33. The molecule has 0 aromatic heterocycles. The number of piperazine rings is 1. The highest BCUT2D eigenvalue weighted by molar-refractivity contribution is 7.86. The number of amides is 1. The Balaban J connectivity index is 1.55. The largest absolute Gasteiger partial charge is 0.340 e. The molecule has 0 saturated carbocycles. The van der Waals surface area contributed by atoms with Crippen LogP contribution in [-0.4, -0.2) is 67.1 Å². The minimum atomic E-state index is -3.44. The number of carbonyl (C=O) groups is 1. The summed E-state index contributed by atoms with van der Waals surface area (Å²) >= 11 is 0. The molecule has 3 rings (SSSR count). The molecular weight excluding hydrogens is 357 g/mol. The van der Waals surface area contributed by atoms with E-state index < -0.39 is 10.2 Å². The monoisotopic (exact) mass is 383 g/mol. The second-order valence-electron chi connectivity index (χ2n) is 6.91. The van der Waals surface area contributed by atoms with Crippen molar-refractivity contribution in [2.45, 2.75) is 32.1 Å². The number of benzene rings is 1. The van der Waals surface area contributed by atoms with Crippen LogP contribution in [0.4, 0.5) is 4.39 Å². The van der Waals surface area contributed by atoms with E-state index in [-0.39, 0.29) is 18.1 Å². The summed E-state index contributed by atoms with van der Waals surface area (Å²) in [5.74, 6) is -0.453. The van der Waals surface area contributed by atoms with Gasteiger partial charge in [0.25, 0.3) is 10.2 Å². The molecule has 0 unspecified atom stereocenters. The summed E-state index contributed by atoms with van der Waals surface area (Å²) in [5.41, 5.74) is 0.634. The molecule has 0 radical (unpaired) electrons. The summed E-state index contributed by atoms with van der Waals surface area (Å²) in [6.07, 6.45) is 4.11. The van der Waals surface area contributed by atoms with Crippen LogP contribution in [0.1, 0.15) is 31.2 Å². The standard InChI is InChI=1S/C18H26FN3O3S/c19-17-7-5-6-16(14-17)15-18(23)20-10-12-22(13-11-20)26(24,25)21-8-3-1-2-4-9-21/h5-7,14H,1-4,8-13,15H2. The SMILES string of the molecule is O=C(Cc1cccc(F)c1)N1CCN(S(=O)(=O)N2CCCCCC2)CC1. The van der Waals surface area contributed by atoms with Gasteiger partial charge in [-0.3, -0.25) is 4.79 Å². The third-order valence-corrected chi connectivity index (χ3v) is 7.09. The van der Waals surface area contributed by atoms with Gasteiger partial charge < -0.3 is 4.90 Å². The lowest BCUT2D eigenvalue weighted by molar-refractivity contribution is -0.131. The van der Waals surface area contributed by atoms with Crippen molar-refractivity contribution in [1.82, 2.24) is 13.5 Å². The molecule has 0 spiro atoms. The summed E-state index contributed by atoms with van der Waals surface area (Å²) in [5, 5.41) is 0. The average molecular weight is 383 g/mol. The first-order valence-electron chi connectivity index (χ1n) is 9.24. The molecule has 2 aliphatic rings. The van der Waals surface area contributed by atoms with Gasteiger partial charge in [-0.25, -0.2) is 4.39 Å². The zero-order chi connectivity index (χ0) is 18.6. The number of carbonyl (C=O) groups excluding carboxylic acids is 1. The Morgan fingerprint density at radius 2 is 1.54 bits per heavy atom. The van der Waals surface area contributed by atoms with Crippen LogP contribution in [-0.2, 0) is 21.4 Å². The highest BCUT2D eigenvalue weighted by atomic mass is 32.2. The maximum absolute atomic E-state index is 13.2. The van der Waals surface area contributed by atoms with Gasteiger partial charge in [-0.1, -0.05) is 25.0 Å². The molecule has 144 valence electrons. The van der Waals surface area contributed by atoms with Crippen molar-refractivity contribution >= 4 is 16.1 Å². The minimum absolute atomic E-state index is 0.0950. The Bertz CT molecular complexity index is 725. The summed E-state index contributed by atoms with van der Waals surface area (Å²) in [7, 11) is -3.44. The van der Waals surface area contributed by atoms with Crippen LogP contribution in [0.2, 0.25) is 0 Å². The van der Waals surface area contributed by atoms with Gasteiger partial charge >= 0.3 is 0 Å². The highest BCUT2D eigenvalue weighted by Crippen LogP contribution is 2.18. The molecule has 1 aromatic carbocycles. The lowest BCUT2D eigenvalue weighted by Crippen LogP contribution is -2.54. The Hall–Kier alpha value is -1.51. The lowest BCUT2D eigenvalue weighted by atomic mass is 10.1. The molecule has 2 saturated heterocycles. The number of rotatable bonds is 4. The molecule has 0 bridgehead atoms. The fraction of sp³-hybridized carbons (Fsp3) is 0.611. The summed E-state index contributed by atoms with van der Waals surface area (Å²) in [6, 6.07) is 6.02. The van der Waals surface area contributed by atoms with Crippen molar-refractivity contribution in [3.05, 3.63) is 35.6 Å². The average Bonchev–Trinajstić information content (AvgIpc) is 2.92. The van der Waals surface area contributed by atoms with Gasteiger partial charge in [0.15, 0.2) is 0 Å². The van der Waals surface area contributed by atoms with E-state index in [0.29, 0.717) is 44.8 Å². The summed E-state index contributed by atoms with van der Waals surface area (Å²) in [4.78, 5) is 14.1. The molecule has 2 aliphatic heterocycles. The van der Waals surface area contributed by atoms with Gasteiger partial charge in [-0.05, 0) is 30.5 Å². The number of hydrogen-bond donors (Lipinski definition) is 0. The van der Waals surface area contributed by atoms with Crippen molar-refractivity contribution in [3.8, 4) is 0 Å². The van der Waals surface area contributed by atoms with E-state index in [1.165, 1.54) is 16.4 Å². The van der Waals surface area contributed by atoms with Crippen molar-refractivity contribution in [3.63, 3.8) is 0 Å². The molecule has 2 heterocycles. The first kappa shape index (κ1) is 19.3. The minimum Gasteiger partial charge on any atom is -0.340 e. The molecular formula is C18H26FN3O3S. The predicted octanol–water partition coefficient (Wildman–Crippen LogP) is 1.63. The van der Waals surface area contributed by atoms with E-state index in [9.17, 15) is 17.6 Å². The van der Waals surface area contributed by atoms with E-state index in [2.05, 4.69) is 0 Å². The Kier molecular flexibility index (Phi) is 6.26. The van der Waals surface area contributed by atoms with Gasteiger partial charge in [0, 0.05) is 39.3 Å². The zero-order valence-corrected chi connectivity index (χ0v) is 15.8. The Morgan fingerprint density at radius 1 is 0.923 bits per heavy atom. The molecule has 1 aromatic rings. The number of hydrogen-bond acceptors (Lipinski definition) is 3. The van der Waals surface area contributed by atoms with Crippen molar-refractivity contribution < 1.29 is 17.6 Å². The van der Waals surface area contributed by atoms with Crippen molar-refractivity contribution in [2.75, 3.05) is 39.3 Å². The van der Waals surface area contributed by atoms with Gasteiger partial charge in [-0.2, -0.15) is 17.0 Å². The van der Waals surface area contributed by atoms with E-state index in [1.807, 2.05) is 0 Å². The molecule has 0 atom stereocenters. The normalized spacial score (nSPS) is 20.7. The van der Waals surface area contributed by atoms with Crippen LogP contribution in [0.3, 0.4) is 0 Å². The van der Waals surface area contributed by atoms with Gasteiger partial charge in [0.1, 0.15) is 5.82 Å². The van der Waals surface area contributed by atoms with Crippen LogP contribution in [0, 0.1) is 5.82 Å². The molecule has 0 N–H and O–H groups in total. The van der Waals surface area contributed by atoms with Crippen LogP contribution < -0.4 is 0 Å². The third kappa shape index (κ3) is 4.61. The topological polar surface area (TPSA) is 60.9 Å². The number of nitrogens with zero attached hydrogens (tertiary/aromatic N) is 3. The first-order valence-corrected chi connectivity index (χ1v) is 10.6. The maximum Gasteiger partial charge on any atom is 0.282 e. The Labute approximate surface area is 154 Å². The van der Waals surface area contributed by atoms with E-state index >= 15 is 0 Å². The Morgan fingerprint density at radius 3 is 2.15 bits per heavy atom. The molecule has 6 nitrogen and oxygen atoms in total. The van der Waals surface area contributed by atoms with Crippen molar-refractivity contribution in [1.29, 1.82) is 0 Å². The molecule has 2 fully saturated rings. The maximum atomic E-state index is 13.2. The second kappa shape index (κ2) is 8.45. The second-order valence-corrected chi connectivity index (χ2v) is 8.84. The zero-order valence-electron chi connectivity index (χ0n) is 14.9. The predicted molar refractivity (Wildman–Crippen MR) is 97.2 cm³/mol. The fourth-order valence-electron chi connectivity index (χ4n) is 3.54. The summed E-state index contributed by atoms with van der Waals surface area (Å²) in [6.45, 7) is 2.55. The van der Waals surface area contributed by atoms with E-state index in [0.717, 1.165) is 25.7 Å². The van der Waals surface area contributed by atoms with E-state index in [4.69, 9.17) is 0 Å². The van der Waals surface area contributed by atoms with Gasteiger partial charge in [-0.15, -0.1) is 0 Å². The first-order chi connectivity index (χ1) is 12.5. The van der Waals surface area contributed by atoms with Crippen LogP contribution in [0.25, 0.3) is 0 Å². The van der Waals surface area contributed by atoms with Crippen LogP contribution in [0.5, 0.6) is 0 Å². The van der Waals surface area contributed by atoms with Gasteiger partial charge in [0.05, 0.1) is 6.42 Å². The lowest BCUT2D eigenvalue weighted by Gasteiger charge is -2.36. The molecule has 8 heteroatoms. The van der Waals surface area contributed by atoms with E-state index in [1.54, 1.807) is 21.3 Å². The van der Waals surface area contributed by atoms with Crippen LogP contribution in [0.15, 0.2) is 24.3 Å². The molecule has 26 heavy (non-hydrogen) atoms. The van der Waals surface area contributed by atoms with Gasteiger partial charge in [0.2, 0.25) is 5.91 Å². The van der Waals surface area contributed by atoms with Crippen molar-refractivity contribution in [2.24, 2.45) is 0 Å². The number of halogens is 1. The fourth-order valence-corrected chi connectivity index (χ4v) is 5.21. The third-order valence-electron chi connectivity index (χ3n) is 5.05. The molecule has 0 aliphatic carbocycles. The smallest absolute Gasteiger partial charge is 0.282 e. The summed E-state index contributed by atoms with van der Waals surface area (Å²) < 4.78 is 41.9.